The van der Waals surface area contributed by atoms with Gasteiger partial charge in [-0.1, -0.05) is 32.1 Å². The Labute approximate surface area is 158 Å². The van der Waals surface area contributed by atoms with Crippen molar-refractivity contribution in [1.29, 1.82) is 0 Å². The van der Waals surface area contributed by atoms with Crippen LogP contribution >= 0.6 is 0 Å². The van der Waals surface area contributed by atoms with Crippen molar-refractivity contribution in [2.75, 3.05) is 24.1 Å². The highest BCUT2D eigenvalue weighted by Gasteiger charge is 2.13. The van der Waals surface area contributed by atoms with Crippen LogP contribution in [0.5, 0.6) is 0 Å². The van der Waals surface area contributed by atoms with Gasteiger partial charge in [0.1, 0.15) is 5.82 Å². The minimum Gasteiger partial charge on any atom is -0.399 e. The molecule has 1 saturated heterocycles. The van der Waals surface area contributed by atoms with Crippen LogP contribution in [-0.4, -0.2) is 23.0 Å². The normalized spacial score (nSPS) is 13.1. The maximum Gasteiger partial charge on any atom is 0.131 e. The molecule has 0 atom stereocenters. The Balaban J connectivity index is 0.000000197. The van der Waals surface area contributed by atoms with Crippen LogP contribution in [0.3, 0.4) is 0 Å². The van der Waals surface area contributed by atoms with Gasteiger partial charge in [0.25, 0.3) is 0 Å². The quantitative estimate of drug-likeness (QED) is 0.752. The molecule has 4 nitrogen and oxygen atoms in total. The topological polar surface area (TPSA) is 54.2 Å². The Morgan fingerprint density at radius 2 is 1.92 bits per heavy atom. The first kappa shape index (κ1) is 19.8. The molecule has 1 aliphatic heterocycles. The lowest BCUT2D eigenvalue weighted by atomic mass is 10.1. The molecule has 1 fully saturated rings. The third-order valence-electron chi connectivity index (χ3n) is 4.55. The first-order valence-corrected chi connectivity index (χ1v) is 9.48. The molecule has 0 aliphatic carbocycles. The molecule has 0 saturated carbocycles. The van der Waals surface area contributed by atoms with Crippen LogP contribution in [-0.2, 0) is 6.42 Å². The first-order chi connectivity index (χ1) is 12.5. The fourth-order valence-electron chi connectivity index (χ4n) is 3.00. The van der Waals surface area contributed by atoms with E-state index in [0.29, 0.717) is 0 Å². The zero-order valence-corrected chi connectivity index (χ0v) is 16.4. The monoisotopic (exact) mass is 352 g/mol. The smallest absolute Gasteiger partial charge is 0.131 e. The molecule has 2 aromatic rings. The van der Waals surface area contributed by atoms with E-state index in [1.807, 2.05) is 24.4 Å². The van der Waals surface area contributed by atoms with Gasteiger partial charge in [0.2, 0.25) is 0 Å². The van der Waals surface area contributed by atoms with Crippen molar-refractivity contribution in [1.82, 2.24) is 9.88 Å². The second-order valence-electron chi connectivity index (χ2n) is 6.93. The van der Waals surface area contributed by atoms with Gasteiger partial charge in [0, 0.05) is 25.0 Å². The third kappa shape index (κ3) is 6.10. The summed E-state index contributed by atoms with van der Waals surface area (Å²) in [4.78, 5) is 6.52. The Kier molecular flexibility index (Phi) is 7.52. The number of pyridine rings is 1. The minimum absolute atomic E-state index is 0.881. The zero-order chi connectivity index (χ0) is 18.9. The van der Waals surface area contributed by atoms with Gasteiger partial charge in [-0.15, -0.1) is 0 Å². The van der Waals surface area contributed by atoms with Crippen molar-refractivity contribution in [3.8, 4) is 0 Å². The van der Waals surface area contributed by atoms with Crippen molar-refractivity contribution in [3.05, 3.63) is 65.6 Å². The molecule has 3 rings (SSSR count). The number of aryl methyl sites for hydroxylation is 3. The zero-order valence-electron chi connectivity index (χ0n) is 16.4. The summed E-state index contributed by atoms with van der Waals surface area (Å²) in [6, 6.07) is 10.3. The van der Waals surface area contributed by atoms with E-state index >= 15 is 0 Å². The largest absolute Gasteiger partial charge is 0.399 e. The van der Waals surface area contributed by atoms with E-state index in [1.54, 1.807) is 0 Å². The Bertz CT molecular complexity index is 718. The van der Waals surface area contributed by atoms with Crippen molar-refractivity contribution in [3.63, 3.8) is 0 Å². The van der Waals surface area contributed by atoms with Crippen LogP contribution < -0.4 is 11.1 Å². The minimum atomic E-state index is 0.881. The highest BCUT2D eigenvalue weighted by molar-refractivity contribution is 5.47. The summed E-state index contributed by atoms with van der Waals surface area (Å²) in [5, 5.41) is 3.24. The standard InChI is InChI=1S/C12H17N3.C10H15N/c1-10-5-6-13-12(9-10)14-11(2)15-7-3-4-8-15;1-3-4-9-5-6-10(11)8(2)7-9/h5-6,9H,2-4,7-8H2,1H3,(H,13,14);5-7H,3-4,11H2,1-2H3. The van der Waals surface area contributed by atoms with Gasteiger partial charge in [0.15, 0.2) is 0 Å². The van der Waals surface area contributed by atoms with Crippen molar-refractivity contribution < 1.29 is 0 Å². The number of aromatic nitrogens is 1. The van der Waals surface area contributed by atoms with Crippen LogP contribution in [0, 0.1) is 13.8 Å². The molecule has 0 bridgehead atoms. The molecule has 140 valence electrons. The molecule has 1 aromatic carbocycles. The van der Waals surface area contributed by atoms with E-state index in [4.69, 9.17) is 5.73 Å². The van der Waals surface area contributed by atoms with E-state index < -0.39 is 0 Å². The third-order valence-corrected chi connectivity index (χ3v) is 4.55. The van der Waals surface area contributed by atoms with E-state index in [2.05, 4.69) is 54.7 Å². The van der Waals surface area contributed by atoms with E-state index in [0.717, 1.165) is 36.8 Å². The van der Waals surface area contributed by atoms with Gasteiger partial charge in [-0.3, -0.25) is 0 Å². The van der Waals surface area contributed by atoms with Gasteiger partial charge in [0.05, 0.1) is 5.82 Å². The molecule has 3 N–H and O–H groups in total. The number of nitrogen functional groups attached to an aromatic ring is 1. The van der Waals surface area contributed by atoms with Gasteiger partial charge < -0.3 is 16.0 Å². The van der Waals surface area contributed by atoms with Crippen molar-refractivity contribution >= 4 is 11.5 Å². The van der Waals surface area contributed by atoms with Gasteiger partial charge in [-0.25, -0.2) is 4.98 Å². The fourth-order valence-corrected chi connectivity index (χ4v) is 3.00. The molecule has 0 unspecified atom stereocenters. The average molecular weight is 353 g/mol. The van der Waals surface area contributed by atoms with E-state index in [9.17, 15) is 0 Å². The molecule has 1 aliphatic rings. The maximum atomic E-state index is 5.68. The number of likely N-dealkylation sites (tertiary alicyclic amines) is 1. The number of rotatable bonds is 5. The molecule has 4 heteroatoms. The first-order valence-electron chi connectivity index (χ1n) is 9.48. The molecule has 0 amide bonds. The van der Waals surface area contributed by atoms with Crippen molar-refractivity contribution in [2.45, 2.75) is 46.5 Å². The summed E-state index contributed by atoms with van der Waals surface area (Å²) in [5.41, 5.74) is 10.4. The second kappa shape index (κ2) is 9.85. The average Bonchev–Trinajstić information content (AvgIpc) is 3.14. The lowest BCUT2D eigenvalue weighted by Gasteiger charge is -2.21. The highest BCUT2D eigenvalue weighted by Crippen LogP contribution is 2.16. The lowest BCUT2D eigenvalue weighted by Crippen LogP contribution is -2.23. The van der Waals surface area contributed by atoms with Crippen molar-refractivity contribution in [2.24, 2.45) is 0 Å². The van der Waals surface area contributed by atoms with Crippen LogP contribution in [0.25, 0.3) is 0 Å². The number of nitrogens with two attached hydrogens (primary N) is 1. The molecular weight excluding hydrogens is 320 g/mol. The highest BCUT2D eigenvalue weighted by atomic mass is 15.3. The van der Waals surface area contributed by atoms with Crippen LogP contribution in [0.15, 0.2) is 48.9 Å². The number of hydrogen-bond acceptors (Lipinski definition) is 4. The summed E-state index contributed by atoms with van der Waals surface area (Å²) in [7, 11) is 0. The summed E-state index contributed by atoms with van der Waals surface area (Å²) in [6.45, 7) is 12.6. The molecule has 26 heavy (non-hydrogen) atoms. The van der Waals surface area contributed by atoms with E-state index in [-0.39, 0.29) is 0 Å². The predicted molar refractivity (Wildman–Crippen MR) is 112 cm³/mol. The van der Waals surface area contributed by atoms with E-state index in [1.165, 1.54) is 36.0 Å². The lowest BCUT2D eigenvalue weighted by molar-refractivity contribution is 0.433. The second-order valence-corrected chi connectivity index (χ2v) is 6.93. The Morgan fingerprint density at radius 1 is 1.19 bits per heavy atom. The number of nitrogens with one attached hydrogen (secondary N) is 1. The van der Waals surface area contributed by atoms with Gasteiger partial charge in [-0.05, 0) is 68.0 Å². The molecule has 2 heterocycles. The molecular formula is C22H32N4. The van der Waals surface area contributed by atoms with Crippen LogP contribution in [0.2, 0.25) is 0 Å². The summed E-state index contributed by atoms with van der Waals surface area (Å²) < 4.78 is 0. The number of hydrogen-bond donors (Lipinski definition) is 2. The molecule has 0 radical (unpaired) electrons. The number of anilines is 2. The van der Waals surface area contributed by atoms with Gasteiger partial charge >= 0.3 is 0 Å². The van der Waals surface area contributed by atoms with Gasteiger partial charge in [-0.2, -0.15) is 0 Å². The van der Waals surface area contributed by atoms with Crippen LogP contribution in [0.4, 0.5) is 11.5 Å². The summed E-state index contributed by atoms with van der Waals surface area (Å²) in [5.74, 6) is 1.84. The number of benzene rings is 1. The molecule has 0 spiro atoms. The number of nitrogens with zero attached hydrogens (tertiary/aromatic N) is 2. The Hall–Kier alpha value is -2.49. The maximum absolute atomic E-state index is 5.68. The predicted octanol–water partition coefficient (Wildman–Crippen LogP) is 4.90. The summed E-state index contributed by atoms with van der Waals surface area (Å²) in [6.07, 6.45) is 6.70. The Morgan fingerprint density at radius 3 is 2.54 bits per heavy atom. The van der Waals surface area contributed by atoms with Crippen LogP contribution in [0.1, 0.15) is 42.9 Å². The summed E-state index contributed by atoms with van der Waals surface area (Å²) >= 11 is 0. The molecule has 1 aromatic heterocycles. The SMILES string of the molecule is C=C(Nc1cc(C)ccn1)N1CCCC1.CCCc1ccc(N)c(C)c1. The fraction of sp³-hybridized carbons (Fsp3) is 0.409.